The molecule has 1 fully saturated rings. The van der Waals surface area contributed by atoms with Gasteiger partial charge in [-0.3, -0.25) is 19.2 Å². The molecule has 0 amide bonds. The van der Waals surface area contributed by atoms with Gasteiger partial charge in [0.15, 0.2) is 24.6 Å². The summed E-state index contributed by atoms with van der Waals surface area (Å²) in [6.07, 6.45) is -11.6. The van der Waals surface area contributed by atoms with E-state index in [0.717, 1.165) is 34.1 Å². The first-order valence-electron chi connectivity index (χ1n) is 11.4. The second kappa shape index (κ2) is 15.0. The molecule has 36 heavy (non-hydrogen) atoms. The van der Waals surface area contributed by atoms with Gasteiger partial charge in [0.2, 0.25) is 6.29 Å². The SMILES string of the molecule is CCCCC[C@H](OCC(F)(F)F)O[C@@H]1O[C@H](COC(C)=O)[C@@H](OC(C)=O)[C@H](OC(C)=O)[C@H]1OC(C)=O. The molecule has 208 valence electrons. The summed E-state index contributed by atoms with van der Waals surface area (Å²) in [6, 6.07) is 0. The second-order valence-electron chi connectivity index (χ2n) is 8.06. The summed E-state index contributed by atoms with van der Waals surface area (Å²) in [4.78, 5) is 46.8. The summed E-state index contributed by atoms with van der Waals surface area (Å²) in [7, 11) is 0. The maximum atomic E-state index is 12.8. The highest BCUT2D eigenvalue weighted by Crippen LogP contribution is 2.31. The quantitative estimate of drug-likeness (QED) is 0.151. The van der Waals surface area contributed by atoms with Crippen LogP contribution in [0.1, 0.15) is 60.3 Å². The van der Waals surface area contributed by atoms with E-state index in [1.807, 2.05) is 6.92 Å². The van der Waals surface area contributed by atoms with Gasteiger partial charge < -0.3 is 33.2 Å². The lowest BCUT2D eigenvalue weighted by Crippen LogP contribution is -2.63. The smallest absolute Gasteiger partial charge is 0.411 e. The Morgan fingerprint density at radius 2 is 1.39 bits per heavy atom. The maximum absolute atomic E-state index is 12.8. The summed E-state index contributed by atoms with van der Waals surface area (Å²) in [5.41, 5.74) is 0. The minimum atomic E-state index is -4.65. The molecular weight excluding hydrogens is 497 g/mol. The zero-order valence-corrected chi connectivity index (χ0v) is 20.8. The van der Waals surface area contributed by atoms with Gasteiger partial charge in [-0.2, -0.15) is 13.2 Å². The third kappa shape index (κ3) is 12.0. The van der Waals surface area contributed by atoms with Crippen molar-refractivity contribution in [2.75, 3.05) is 13.2 Å². The number of halogens is 3. The van der Waals surface area contributed by atoms with Gasteiger partial charge in [-0.1, -0.05) is 19.8 Å². The van der Waals surface area contributed by atoms with Crippen molar-refractivity contribution >= 4 is 23.9 Å². The molecule has 1 aliphatic rings. The number of esters is 4. The van der Waals surface area contributed by atoms with Gasteiger partial charge in [-0.25, -0.2) is 0 Å². The zero-order chi connectivity index (χ0) is 27.5. The fourth-order valence-corrected chi connectivity index (χ4v) is 3.39. The van der Waals surface area contributed by atoms with Crippen molar-refractivity contribution in [3.05, 3.63) is 0 Å². The van der Waals surface area contributed by atoms with Crippen LogP contribution in [0.25, 0.3) is 0 Å². The first-order chi connectivity index (χ1) is 16.7. The van der Waals surface area contributed by atoms with Crippen molar-refractivity contribution in [3.8, 4) is 0 Å². The molecule has 0 spiro atoms. The standard InChI is InChI=1S/C22H33F3O11/c1-6-7-8-9-17(31-11-22(23,24)25)36-21-20(34-15(5)29)19(33-14(4)28)18(32-13(3)27)16(35-21)10-30-12(2)26/h16-21H,6-11H2,1-5H3/t16-,17-,18-,19+,20-,21+/m1/s1. The molecule has 1 heterocycles. The summed E-state index contributed by atoms with van der Waals surface area (Å²) in [5, 5.41) is 0. The van der Waals surface area contributed by atoms with Crippen molar-refractivity contribution in [1.82, 2.24) is 0 Å². The van der Waals surface area contributed by atoms with Crippen LogP contribution in [0.3, 0.4) is 0 Å². The molecule has 0 radical (unpaired) electrons. The molecule has 1 saturated heterocycles. The van der Waals surface area contributed by atoms with E-state index in [-0.39, 0.29) is 6.42 Å². The van der Waals surface area contributed by atoms with E-state index in [1.165, 1.54) is 0 Å². The van der Waals surface area contributed by atoms with E-state index in [2.05, 4.69) is 0 Å². The first-order valence-corrected chi connectivity index (χ1v) is 11.4. The summed E-state index contributed by atoms with van der Waals surface area (Å²) in [5.74, 6) is -3.25. The molecule has 0 N–H and O–H groups in total. The van der Waals surface area contributed by atoms with Crippen molar-refractivity contribution in [3.63, 3.8) is 0 Å². The van der Waals surface area contributed by atoms with Gasteiger partial charge in [-0.15, -0.1) is 0 Å². The summed E-state index contributed by atoms with van der Waals surface area (Å²) < 4.78 is 75.4. The number of hydrogen-bond donors (Lipinski definition) is 0. The minimum Gasteiger partial charge on any atom is -0.463 e. The molecule has 0 aromatic carbocycles. The van der Waals surface area contributed by atoms with Gasteiger partial charge in [0.25, 0.3) is 0 Å². The molecule has 1 aliphatic heterocycles. The molecule has 0 saturated carbocycles. The highest BCUT2D eigenvalue weighted by molar-refractivity contribution is 5.68. The number of alkyl halides is 3. The molecule has 1 rings (SSSR count). The first kappa shape index (κ1) is 31.6. The van der Waals surface area contributed by atoms with E-state index in [0.29, 0.717) is 12.8 Å². The Balaban J connectivity index is 3.35. The largest absolute Gasteiger partial charge is 0.463 e. The van der Waals surface area contributed by atoms with Gasteiger partial charge in [-0.05, 0) is 12.8 Å². The Kier molecular flexibility index (Phi) is 13.1. The Bertz CT molecular complexity index is 743. The Morgan fingerprint density at radius 1 is 0.833 bits per heavy atom. The molecule has 0 aromatic heterocycles. The topological polar surface area (TPSA) is 133 Å². The van der Waals surface area contributed by atoms with Crippen molar-refractivity contribution in [1.29, 1.82) is 0 Å². The average Bonchev–Trinajstić information content (AvgIpc) is 2.73. The molecule has 0 bridgehead atoms. The van der Waals surface area contributed by atoms with Crippen molar-refractivity contribution in [2.24, 2.45) is 0 Å². The van der Waals surface area contributed by atoms with Crippen LogP contribution in [0, 0.1) is 0 Å². The fourth-order valence-electron chi connectivity index (χ4n) is 3.39. The van der Waals surface area contributed by atoms with Crippen LogP contribution in [0.15, 0.2) is 0 Å². The van der Waals surface area contributed by atoms with Gasteiger partial charge in [0.1, 0.15) is 19.3 Å². The van der Waals surface area contributed by atoms with Crippen molar-refractivity contribution < 1.29 is 65.5 Å². The van der Waals surface area contributed by atoms with Gasteiger partial charge >= 0.3 is 30.1 Å². The van der Waals surface area contributed by atoms with Crippen molar-refractivity contribution in [2.45, 2.75) is 103 Å². The predicted molar refractivity (Wildman–Crippen MR) is 113 cm³/mol. The van der Waals surface area contributed by atoms with E-state index in [1.54, 1.807) is 0 Å². The number of rotatable bonds is 13. The lowest BCUT2D eigenvalue weighted by atomic mass is 9.98. The van der Waals surface area contributed by atoms with E-state index in [9.17, 15) is 32.3 Å². The van der Waals surface area contributed by atoms with Crippen LogP contribution < -0.4 is 0 Å². The minimum absolute atomic E-state index is 0.0385. The zero-order valence-electron chi connectivity index (χ0n) is 20.8. The fraction of sp³-hybridized carbons (Fsp3) is 0.818. The van der Waals surface area contributed by atoms with Crippen LogP contribution >= 0.6 is 0 Å². The number of ether oxygens (including phenoxy) is 7. The second-order valence-corrected chi connectivity index (χ2v) is 8.06. The Labute approximate surface area is 206 Å². The molecule has 14 heteroatoms. The predicted octanol–water partition coefficient (Wildman–Crippen LogP) is 2.57. The number of hydrogen-bond acceptors (Lipinski definition) is 11. The Morgan fingerprint density at radius 3 is 1.89 bits per heavy atom. The van der Waals surface area contributed by atoms with E-state index < -0.39 is 80.3 Å². The van der Waals surface area contributed by atoms with Crippen LogP contribution in [0.5, 0.6) is 0 Å². The molecule has 0 unspecified atom stereocenters. The molecule has 0 aliphatic carbocycles. The van der Waals surface area contributed by atoms with E-state index in [4.69, 9.17) is 33.2 Å². The molecule has 11 nitrogen and oxygen atoms in total. The monoisotopic (exact) mass is 530 g/mol. The average molecular weight is 530 g/mol. The third-order valence-corrected chi connectivity index (χ3v) is 4.71. The molecule has 0 aromatic rings. The Hall–Kier alpha value is -2.45. The van der Waals surface area contributed by atoms with E-state index >= 15 is 0 Å². The lowest BCUT2D eigenvalue weighted by molar-refractivity contribution is -0.347. The molecule has 6 atom stereocenters. The maximum Gasteiger partial charge on any atom is 0.411 e. The number of unbranched alkanes of at least 4 members (excludes halogenated alkanes) is 2. The van der Waals surface area contributed by atoms with Crippen LogP contribution in [-0.2, 0) is 52.3 Å². The normalized spacial score (nSPS) is 24.9. The number of carbonyl (C=O) groups is 4. The van der Waals surface area contributed by atoms with Gasteiger partial charge in [0, 0.05) is 27.7 Å². The highest BCUT2D eigenvalue weighted by Gasteiger charge is 2.53. The lowest BCUT2D eigenvalue weighted by Gasteiger charge is -2.44. The molecular formula is C22H33F3O11. The van der Waals surface area contributed by atoms with Crippen LogP contribution in [0.2, 0.25) is 0 Å². The number of carbonyl (C=O) groups excluding carboxylic acids is 4. The van der Waals surface area contributed by atoms with Crippen LogP contribution in [-0.4, -0.2) is 80.3 Å². The van der Waals surface area contributed by atoms with Crippen LogP contribution in [0.4, 0.5) is 13.2 Å². The highest BCUT2D eigenvalue weighted by atomic mass is 19.4. The third-order valence-electron chi connectivity index (χ3n) is 4.71. The van der Waals surface area contributed by atoms with Gasteiger partial charge in [0.05, 0.1) is 0 Å². The summed E-state index contributed by atoms with van der Waals surface area (Å²) >= 11 is 0. The summed E-state index contributed by atoms with van der Waals surface area (Å²) in [6.45, 7) is 4.03.